The molecule has 1 saturated heterocycles. The van der Waals surface area contributed by atoms with Gasteiger partial charge >= 0.3 is 0 Å². The molecule has 16 heavy (non-hydrogen) atoms. The Morgan fingerprint density at radius 3 is 2.94 bits per heavy atom. The molecule has 2 heterocycles. The van der Waals surface area contributed by atoms with E-state index in [2.05, 4.69) is 31.1 Å². The monoisotopic (exact) mass is 242 g/mol. The zero-order valence-corrected chi connectivity index (χ0v) is 11.3. The largest absolute Gasteiger partial charge is 0.381 e. The number of aliphatic imine (C=N–C) groups is 1. The summed E-state index contributed by atoms with van der Waals surface area (Å²) in [4.78, 5) is 4.62. The van der Waals surface area contributed by atoms with E-state index in [-0.39, 0.29) is 0 Å². The van der Waals surface area contributed by atoms with Gasteiger partial charge in [-0.2, -0.15) is 0 Å². The Morgan fingerprint density at radius 1 is 1.56 bits per heavy atom. The normalized spacial score (nSPS) is 30.9. The zero-order chi connectivity index (χ0) is 11.6. The second-order valence-corrected chi connectivity index (χ2v) is 6.60. The van der Waals surface area contributed by atoms with Gasteiger partial charge in [-0.1, -0.05) is 25.6 Å². The number of nitrogens with zero attached hydrogens (tertiary/aromatic N) is 1. The highest BCUT2D eigenvalue weighted by molar-refractivity contribution is 8.13. The van der Waals surface area contributed by atoms with Gasteiger partial charge in [0.15, 0.2) is 5.17 Å². The molecule has 0 aromatic heterocycles. The van der Waals surface area contributed by atoms with Crippen LogP contribution in [-0.2, 0) is 4.74 Å². The van der Waals surface area contributed by atoms with Crippen LogP contribution in [0.3, 0.4) is 0 Å². The maximum atomic E-state index is 5.41. The van der Waals surface area contributed by atoms with Crippen LogP contribution < -0.4 is 5.32 Å². The van der Waals surface area contributed by atoms with Crippen molar-refractivity contribution in [1.29, 1.82) is 0 Å². The van der Waals surface area contributed by atoms with Crippen LogP contribution in [0.4, 0.5) is 0 Å². The predicted molar refractivity (Wildman–Crippen MR) is 70.1 cm³/mol. The minimum Gasteiger partial charge on any atom is -0.381 e. The maximum absolute atomic E-state index is 5.41. The first kappa shape index (κ1) is 12.2. The Labute approximate surface area is 102 Å². The molecule has 1 fully saturated rings. The van der Waals surface area contributed by atoms with Crippen LogP contribution in [0.1, 0.15) is 27.2 Å². The van der Waals surface area contributed by atoms with Gasteiger partial charge in [0.25, 0.3) is 0 Å². The van der Waals surface area contributed by atoms with Gasteiger partial charge in [0.05, 0.1) is 6.61 Å². The van der Waals surface area contributed by atoms with Gasteiger partial charge in [-0.05, 0) is 18.8 Å². The van der Waals surface area contributed by atoms with Crippen molar-refractivity contribution in [1.82, 2.24) is 5.32 Å². The quantitative estimate of drug-likeness (QED) is 0.805. The Morgan fingerprint density at radius 2 is 2.38 bits per heavy atom. The molecular formula is C12H22N2OS. The van der Waals surface area contributed by atoms with Crippen molar-refractivity contribution in [2.45, 2.75) is 33.2 Å². The van der Waals surface area contributed by atoms with E-state index >= 15 is 0 Å². The molecule has 0 bridgehead atoms. The molecule has 92 valence electrons. The lowest BCUT2D eigenvalue weighted by molar-refractivity contribution is 0.180. The molecule has 2 atom stereocenters. The molecule has 4 heteroatoms. The summed E-state index contributed by atoms with van der Waals surface area (Å²) in [6.45, 7) is 9.54. The SMILES string of the molecule is CC(NC1=NCC(C)(C)CS1)C1CCOC1. The third kappa shape index (κ3) is 3.14. The van der Waals surface area contributed by atoms with E-state index < -0.39 is 0 Å². The standard InChI is InChI=1S/C12H22N2OS/c1-9(10-4-5-15-6-10)14-11-13-7-12(2,3)8-16-11/h9-10H,4-8H2,1-3H3,(H,13,14). The molecule has 3 nitrogen and oxygen atoms in total. The van der Waals surface area contributed by atoms with Gasteiger partial charge in [-0.25, -0.2) is 0 Å². The second kappa shape index (κ2) is 4.96. The van der Waals surface area contributed by atoms with Gasteiger partial charge in [0.2, 0.25) is 0 Å². The van der Waals surface area contributed by atoms with Crippen molar-refractivity contribution in [2.75, 3.05) is 25.5 Å². The third-order valence-corrected chi connectivity index (χ3v) is 4.72. The molecule has 0 aromatic carbocycles. The molecule has 2 aliphatic heterocycles. The van der Waals surface area contributed by atoms with E-state index in [9.17, 15) is 0 Å². The van der Waals surface area contributed by atoms with Gasteiger partial charge < -0.3 is 10.1 Å². The fourth-order valence-electron chi connectivity index (χ4n) is 1.99. The summed E-state index contributed by atoms with van der Waals surface area (Å²) in [5.41, 5.74) is 0.357. The van der Waals surface area contributed by atoms with E-state index in [4.69, 9.17) is 4.74 Å². The minimum atomic E-state index is 0.357. The molecule has 2 rings (SSSR count). The highest BCUT2D eigenvalue weighted by Gasteiger charge is 2.27. The van der Waals surface area contributed by atoms with E-state index in [1.807, 2.05) is 11.8 Å². The van der Waals surface area contributed by atoms with Crippen LogP contribution in [0.5, 0.6) is 0 Å². The first-order chi connectivity index (χ1) is 7.57. The highest BCUT2D eigenvalue weighted by atomic mass is 32.2. The number of hydrogen-bond donors (Lipinski definition) is 1. The maximum Gasteiger partial charge on any atom is 0.156 e. The van der Waals surface area contributed by atoms with Gasteiger partial charge in [0.1, 0.15) is 0 Å². The number of ether oxygens (including phenoxy) is 1. The second-order valence-electron chi connectivity index (χ2n) is 5.63. The average molecular weight is 242 g/mol. The fraction of sp³-hybridized carbons (Fsp3) is 0.917. The summed E-state index contributed by atoms with van der Waals surface area (Å²) >= 11 is 1.86. The number of nitrogens with one attached hydrogen (secondary N) is 1. The molecule has 0 saturated carbocycles. The summed E-state index contributed by atoms with van der Waals surface area (Å²) in [6.07, 6.45) is 1.18. The van der Waals surface area contributed by atoms with E-state index in [1.54, 1.807) is 0 Å². The van der Waals surface area contributed by atoms with E-state index in [0.717, 1.165) is 30.7 Å². The Balaban J connectivity index is 1.83. The van der Waals surface area contributed by atoms with E-state index in [1.165, 1.54) is 6.42 Å². The number of hydrogen-bond acceptors (Lipinski definition) is 4. The molecule has 0 amide bonds. The van der Waals surface area contributed by atoms with Gasteiger partial charge in [0, 0.05) is 30.9 Å². The molecule has 2 aliphatic rings. The molecule has 2 unspecified atom stereocenters. The Hall–Kier alpha value is -0.220. The molecule has 0 aromatic rings. The molecular weight excluding hydrogens is 220 g/mol. The summed E-state index contributed by atoms with van der Waals surface area (Å²) in [5.74, 6) is 1.81. The van der Waals surface area contributed by atoms with Gasteiger partial charge in [-0.15, -0.1) is 0 Å². The zero-order valence-electron chi connectivity index (χ0n) is 10.5. The average Bonchev–Trinajstić information content (AvgIpc) is 2.74. The fourth-order valence-corrected chi connectivity index (χ4v) is 3.03. The first-order valence-electron chi connectivity index (χ1n) is 6.08. The van der Waals surface area contributed by atoms with Crippen molar-refractivity contribution in [3.05, 3.63) is 0 Å². The Bertz CT molecular complexity index is 272. The Kier molecular flexibility index (Phi) is 3.80. The van der Waals surface area contributed by atoms with Crippen LogP contribution in [0.25, 0.3) is 0 Å². The van der Waals surface area contributed by atoms with Crippen molar-refractivity contribution in [3.63, 3.8) is 0 Å². The lowest BCUT2D eigenvalue weighted by Gasteiger charge is -2.29. The number of rotatable bonds is 2. The lowest BCUT2D eigenvalue weighted by Crippen LogP contribution is -2.40. The third-order valence-electron chi connectivity index (χ3n) is 3.27. The predicted octanol–water partition coefficient (Wildman–Crippen LogP) is 2.13. The summed E-state index contributed by atoms with van der Waals surface area (Å²) in [6, 6.07) is 0.481. The van der Waals surface area contributed by atoms with Gasteiger partial charge in [-0.3, -0.25) is 4.99 Å². The van der Waals surface area contributed by atoms with Crippen molar-refractivity contribution >= 4 is 16.9 Å². The summed E-state index contributed by atoms with van der Waals surface area (Å²) < 4.78 is 5.41. The molecule has 1 N–H and O–H groups in total. The van der Waals surface area contributed by atoms with Crippen LogP contribution >= 0.6 is 11.8 Å². The van der Waals surface area contributed by atoms with E-state index in [0.29, 0.717) is 17.4 Å². The molecule has 0 radical (unpaired) electrons. The summed E-state index contributed by atoms with van der Waals surface area (Å²) in [7, 11) is 0. The first-order valence-corrected chi connectivity index (χ1v) is 7.07. The molecule has 0 spiro atoms. The van der Waals surface area contributed by atoms with Crippen molar-refractivity contribution in [2.24, 2.45) is 16.3 Å². The van der Waals surface area contributed by atoms with Crippen molar-refractivity contribution in [3.8, 4) is 0 Å². The minimum absolute atomic E-state index is 0.357. The highest BCUT2D eigenvalue weighted by Crippen LogP contribution is 2.27. The summed E-state index contributed by atoms with van der Waals surface area (Å²) in [5, 5.41) is 4.66. The smallest absolute Gasteiger partial charge is 0.156 e. The number of amidine groups is 1. The number of thioether (sulfide) groups is 1. The van der Waals surface area contributed by atoms with Crippen LogP contribution in [0.15, 0.2) is 4.99 Å². The molecule has 0 aliphatic carbocycles. The van der Waals surface area contributed by atoms with Crippen LogP contribution in [0.2, 0.25) is 0 Å². The van der Waals surface area contributed by atoms with Crippen molar-refractivity contribution < 1.29 is 4.74 Å². The van der Waals surface area contributed by atoms with Crippen LogP contribution in [0, 0.1) is 11.3 Å². The van der Waals surface area contributed by atoms with Crippen LogP contribution in [-0.4, -0.2) is 36.7 Å². The lowest BCUT2D eigenvalue weighted by atomic mass is 9.97. The topological polar surface area (TPSA) is 33.6 Å².